The maximum Gasteiger partial charge on any atom is 0.172 e. The predicted octanol–water partition coefficient (Wildman–Crippen LogP) is 2.31. The molecule has 0 aromatic rings. The van der Waals surface area contributed by atoms with Crippen LogP contribution in [0.3, 0.4) is 0 Å². The number of Topliss-reactive ketones (excluding diaryl/α,β-unsaturated/α-hetero) is 1. The molecular weight excluding hydrogens is 228 g/mol. The average molecular weight is 248 g/mol. The SMILES string of the molecule is CC1=C(C)[C@@H]2[C@@H](C1=O)[C@@]1(C)CCC3(OCCO3)[C@H]21. The van der Waals surface area contributed by atoms with Crippen molar-refractivity contribution in [1.82, 2.24) is 0 Å². The van der Waals surface area contributed by atoms with Crippen molar-refractivity contribution in [2.24, 2.45) is 23.2 Å². The van der Waals surface area contributed by atoms with Gasteiger partial charge in [-0.25, -0.2) is 0 Å². The molecule has 0 amide bonds. The fourth-order valence-electron chi connectivity index (χ4n) is 5.21. The van der Waals surface area contributed by atoms with Gasteiger partial charge in [-0.15, -0.1) is 0 Å². The van der Waals surface area contributed by atoms with E-state index in [4.69, 9.17) is 9.47 Å². The molecule has 0 bridgehead atoms. The molecule has 1 spiro atoms. The second-order valence-corrected chi connectivity index (χ2v) is 6.67. The molecule has 0 radical (unpaired) electrons. The number of hydrogen-bond acceptors (Lipinski definition) is 3. The van der Waals surface area contributed by atoms with Gasteiger partial charge in [-0.05, 0) is 37.2 Å². The minimum absolute atomic E-state index is 0.102. The maximum absolute atomic E-state index is 12.4. The van der Waals surface area contributed by atoms with Crippen molar-refractivity contribution in [2.45, 2.75) is 39.4 Å². The maximum atomic E-state index is 12.4. The molecule has 0 aromatic carbocycles. The van der Waals surface area contributed by atoms with E-state index in [-0.39, 0.29) is 17.1 Å². The topological polar surface area (TPSA) is 35.5 Å². The lowest BCUT2D eigenvalue weighted by Crippen LogP contribution is -2.60. The van der Waals surface area contributed by atoms with E-state index < -0.39 is 0 Å². The van der Waals surface area contributed by atoms with Crippen molar-refractivity contribution in [3.05, 3.63) is 11.1 Å². The zero-order valence-corrected chi connectivity index (χ0v) is 11.3. The van der Waals surface area contributed by atoms with Crippen molar-refractivity contribution in [3.63, 3.8) is 0 Å². The molecule has 98 valence electrons. The molecule has 3 aliphatic carbocycles. The number of fused-ring (bicyclic) bond motifs is 5. The van der Waals surface area contributed by atoms with Crippen molar-refractivity contribution in [1.29, 1.82) is 0 Å². The Morgan fingerprint density at radius 2 is 1.83 bits per heavy atom. The number of allylic oxidation sites excluding steroid dienone is 2. The summed E-state index contributed by atoms with van der Waals surface area (Å²) in [5.74, 6) is 0.977. The van der Waals surface area contributed by atoms with Gasteiger partial charge in [0.05, 0.1) is 13.2 Å². The summed E-state index contributed by atoms with van der Waals surface area (Å²) in [6.45, 7) is 7.79. The second-order valence-electron chi connectivity index (χ2n) is 6.67. The number of ether oxygens (including phenoxy) is 2. The van der Waals surface area contributed by atoms with E-state index in [2.05, 4.69) is 13.8 Å². The number of rotatable bonds is 0. The second kappa shape index (κ2) is 3.07. The summed E-state index contributed by atoms with van der Waals surface area (Å²) in [6, 6.07) is 0. The van der Waals surface area contributed by atoms with E-state index in [1.54, 1.807) is 0 Å². The first-order valence-corrected chi connectivity index (χ1v) is 7.01. The third-order valence-electron chi connectivity index (χ3n) is 6.14. The molecule has 1 saturated heterocycles. The molecule has 4 rings (SSSR count). The first-order valence-electron chi connectivity index (χ1n) is 7.01. The molecule has 2 saturated carbocycles. The molecule has 3 fully saturated rings. The van der Waals surface area contributed by atoms with Crippen LogP contribution in [-0.2, 0) is 14.3 Å². The Kier molecular flexibility index (Phi) is 1.91. The Bertz CT molecular complexity index is 472. The van der Waals surface area contributed by atoms with Gasteiger partial charge in [0, 0.05) is 18.3 Å². The van der Waals surface area contributed by atoms with Crippen LogP contribution in [0.2, 0.25) is 0 Å². The lowest BCUT2D eigenvalue weighted by Gasteiger charge is -2.57. The van der Waals surface area contributed by atoms with Crippen LogP contribution in [0.4, 0.5) is 0 Å². The average Bonchev–Trinajstić information content (AvgIpc) is 2.93. The Hall–Kier alpha value is -0.670. The van der Waals surface area contributed by atoms with E-state index in [0.717, 1.165) is 18.4 Å². The Balaban J connectivity index is 1.79. The highest BCUT2D eigenvalue weighted by molar-refractivity contribution is 6.02. The van der Waals surface area contributed by atoms with E-state index in [0.29, 0.717) is 30.8 Å². The van der Waals surface area contributed by atoms with E-state index in [1.807, 2.05) is 6.92 Å². The molecule has 0 aromatic heterocycles. The predicted molar refractivity (Wildman–Crippen MR) is 65.8 cm³/mol. The number of ketones is 1. The monoisotopic (exact) mass is 248 g/mol. The largest absolute Gasteiger partial charge is 0.347 e. The van der Waals surface area contributed by atoms with Gasteiger partial charge in [-0.1, -0.05) is 12.5 Å². The van der Waals surface area contributed by atoms with E-state index in [1.165, 1.54) is 5.57 Å². The number of carbonyl (C=O) groups excluding carboxylic acids is 1. The van der Waals surface area contributed by atoms with E-state index in [9.17, 15) is 4.79 Å². The van der Waals surface area contributed by atoms with Gasteiger partial charge in [0.1, 0.15) is 0 Å². The van der Waals surface area contributed by atoms with Crippen LogP contribution < -0.4 is 0 Å². The van der Waals surface area contributed by atoms with Gasteiger partial charge < -0.3 is 9.47 Å². The molecular formula is C15H20O3. The summed E-state index contributed by atoms with van der Waals surface area (Å²) in [4.78, 5) is 12.4. The van der Waals surface area contributed by atoms with Crippen LogP contribution in [0.15, 0.2) is 11.1 Å². The fraction of sp³-hybridized carbons (Fsp3) is 0.800. The van der Waals surface area contributed by atoms with Crippen molar-refractivity contribution >= 4 is 5.78 Å². The van der Waals surface area contributed by atoms with Crippen molar-refractivity contribution in [2.75, 3.05) is 13.2 Å². The molecule has 1 heterocycles. The van der Waals surface area contributed by atoms with Gasteiger partial charge in [-0.2, -0.15) is 0 Å². The van der Waals surface area contributed by atoms with Gasteiger partial charge >= 0.3 is 0 Å². The lowest BCUT2D eigenvalue weighted by molar-refractivity contribution is -0.242. The smallest absolute Gasteiger partial charge is 0.172 e. The highest BCUT2D eigenvalue weighted by Gasteiger charge is 2.75. The van der Waals surface area contributed by atoms with Crippen LogP contribution in [0.1, 0.15) is 33.6 Å². The zero-order chi connectivity index (χ0) is 12.7. The van der Waals surface area contributed by atoms with Crippen LogP contribution in [0, 0.1) is 23.2 Å². The normalized spacial score (nSPS) is 48.6. The van der Waals surface area contributed by atoms with Crippen LogP contribution >= 0.6 is 0 Å². The van der Waals surface area contributed by atoms with Crippen molar-refractivity contribution in [3.8, 4) is 0 Å². The summed E-state index contributed by atoms with van der Waals surface area (Å²) in [7, 11) is 0. The summed E-state index contributed by atoms with van der Waals surface area (Å²) in [5.41, 5.74) is 2.38. The van der Waals surface area contributed by atoms with Crippen LogP contribution in [-0.4, -0.2) is 24.8 Å². The van der Waals surface area contributed by atoms with Gasteiger partial charge in [-0.3, -0.25) is 4.79 Å². The molecule has 4 aliphatic rings. The van der Waals surface area contributed by atoms with Gasteiger partial charge in [0.25, 0.3) is 0 Å². The molecule has 0 N–H and O–H groups in total. The Morgan fingerprint density at radius 3 is 2.50 bits per heavy atom. The summed E-state index contributed by atoms with van der Waals surface area (Å²) < 4.78 is 11.9. The fourth-order valence-corrected chi connectivity index (χ4v) is 5.21. The minimum atomic E-state index is -0.373. The van der Waals surface area contributed by atoms with E-state index >= 15 is 0 Å². The zero-order valence-electron chi connectivity index (χ0n) is 11.3. The highest BCUT2D eigenvalue weighted by atomic mass is 16.7. The Morgan fingerprint density at radius 1 is 1.17 bits per heavy atom. The van der Waals surface area contributed by atoms with Crippen LogP contribution in [0.25, 0.3) is 0 Å². The minimum Gasteiger partial charge on any atom is -0.347 e. The number of hydrogen-bond donors (Lipinski definition) is 0. The van der Waals surface area contributed by atoms with Gasteiger partial charge in [0.15, 0.2) is 11.6 Å². The summed E-state index contributed by atoms with van der Waals surface area (Å²) >= 11 is 0. The lowest BCUT2D eigenvalue weighted by atomic mass is 9.47. The highest BCUT2D eigenvalue weighted by Crippen LogP contribution is 2.73. The molecule has 18 heavy (non-hydrogen) atoms. The quantitative estimate of drug-likeness (QED) is 0.660. The standard InChI is InChI=1S/C15H20O3/c1-8-9(2)12(16)11-10(8)13-14(11,3)4-5-15(13)17-6-7-18-15/h10-11,13H,4-7H2,1-3H3/t10-,11+,13-,14-/m1/s1. The summed E-state index contributed by atoms with van der Waals surface area (Å²) in [6.07, 6.45) is 2.02. The van der Waals surface area contributed by atoms with Crippen LogP contribution in [0.5, 0.6) is 0 Å². The molecule has 1 aliphatic heterocycles. The Labute approximate surface area is 108 Å². The third-order valence-corrected chi connectivity index (χ3v) is 6.14. The summed E-state index contributed by atoms with van der Waals surface area (Å²) in [5, 5.41) is 0. The molecule has 0 unspecified atom stereocenters. The molecule has 4 atom stereocenters. The first-order chi connectivity index (χ1) is 8.51. The van der Waals surface area contributed by atoms with Gasteiger partial charge in [0.2, 0.25) is 0 Å². The first kappa shape index (κ1) is 11.2. The number of carbonyl (C=O) groups is 1. The third kappa shape index (κ3) is 0.958. The van der Waals surface area contributed by atoms with Crippen molar-refractivity contribution < 1.29 is 14.3 Å². The molecule has 3 heteroatoms. The molecule has 3 nitrogen and oxygen atoms in total.